The van der Waals surface area contributed by atoms with Gasteiger partial charge in [0.1, 0.15) is 11.9 Å². The minimum Gasteiger partial charge on any atom is -0.377 e. The molecule has 3 heterocycles. The van der Waals surface area contributed by atoms with Crippen molar-refractivity contribution in [2.45, 2.75) is 55.0 Å². The highest BCUT2D eigenvalue weighted by molar-refractivity contribution is 8.00. The van der Waals surface area contributed by atoms with Crippen molar-refractivity contribution >= 4 is 28.6 Å². The van der Waals surface area contributed by atoms with E-state index in [0.717, 1.165) is 24.4 Å². The fraction of sp³-hybridized carbons (Fsp3) is 0.393. The Bertz CT molecular complexity index is 1510. The van der Waals surface area contributed by atoms with Crippen LogP contribution in [0.15, 0.2) is 58.9 Å². The maximum atomic E-state index is 14.6. The van der Waals surface area contributed by atoms with Gasteiger partial charge in [0.2, 0.25) is 5.91 Å². The number of ether oxygens (including phenoxy) is 1. The van der Waals surface area contributed by atoms with Crippen molar-refractivity contribution in [3.05, 3.63) is 71.0 Å². The Balaban J connectivity index is 1.73. The molecular weight excluding hydrogens is 548 g/mol. The van der Waals surface area contributed by atoms with E-state index in [-0.39, 0.29) is 45.9 Å². The number of hydrogen-bond acceptors (Lipinski definition) is 6. The number of piperazine rings is 1. The molecule has 212 valence electrons. The standard InChI is InChI=1S/C28H28F4N4O3S/c1-5-22(37)36-15(2)12-34(13-16(36)3)26-21(39-4)14-35-24-18(11-33-27(35)38)10-20(28(30,31)32)23(25(24)40-26)17-6-8-19(29)9-7-17/h5-11,15-16,21,26H,1,12-14H2,2-4H3. The van der Waals surface area contributed by atoms with Crippen LogP contribution in [0, 0.1) is 5.82 Å². The first-order valence-corrected chi connectivity index (χ1v) is 13.6. The van der Waals surface area contributed by atoms with Gasteiger partial charge in [0.05, 0.1) is 23.0 Å². The molecule has 5 rings (SSSR count). The summed E-state index contributed by atoms with van der Waals surface area (Å²) in [5.74, 6) is -0.773. The molecule has 7 nitrogen and oxygen atoms in total. The molecule has 0 radical (unpaired) electrons. The number of thioether (sulfide) groups is 1. The number of amides is 1. The Morgan fingerprint density at radius 3 is 2.38 bits per heavy atom. The smallest absolute Gasteiger partial charge is 0.377 e. The quantitative estimate of drug-likeness (QED) is 0.329. The second-order valence-corrected chi connectivity index (χ2v) is 11.2. The summed E-state index contributed by atoms with van der Waals surface area (Å²) in [5.41, 5.74) is -1.15. The topological polar surface area (TPSA) is 67.7 Å². The first-order valence-electron chi connectivity index (χ1n) is 12.7. The van der Waals surface area contributed by atoms with Crippen LogP contribution in [0.2, 0.25) is 0 Å². The SMILES string of the molecule is C=CC(=O)N1C(C)CN(C2Sc3c(-c4ccc(F)cc4)c(C(F)(F)F)cc4cnc(=O)n(c34)CC2OC)CC1C. The number of benzene rings is 2. The van der Waals surface area contributed by atoms with Crippen molar-refractivity contribution in [3.8, 4) is 11.1 Å². The molecule has 0 bridgehead atoms. The third kappa shape index (κ3) is 4.92. The van der Waals surface area contributed by atoms with E-state index in [2.05, 4.69) is 16.5 Å². The van der Waals surface area contributed by atoms with Gasteiger partial charge in [-0.15, -0.1) is 11.8 Å². The Labute approximate surface area is 232 Å². The predicted octanol–water partition coefficient (Wildman–Crippen LogP) is 4.78. The molecule has 0 saturated carbocycles. The fourth-order valence-corrected chi connectivity index (χ4v) is 7.42. The molecular formula is C28H28F4N4O3S. The van der Waals surface area contributed by atoms with Crippen LogP contribution >= 0.6 is 11.8 Å². The van der Waals surface area contributed by atoms with Crippen molar-refractivity contribution in [1.82, 2.24) is 19.4 Å². The van der Waals surface area contributed by atoms with Crippen LogP contribution in [0.1, 0.15) is 19.4 Å². The lowest BCUT2D eigenvalue weighted by molar-refractivity contribution is -0.137. The van der Waals surface area contributed by atoms with Crippen molar-refractivity contribution < 1.29 is 27.1 Å². The second-order valence-electron chi connectivity index (χ2n) is 10.1. The molecule has 4 unspecified atom stereocenters. The zero-order valence-electron chi connectivity index (χ0n) is 22.1. The first-order chi connectivity index (χ1) is 18.9. The van der Waals surface area contributed by atoms with Crippen LogP contribution in [0.4, 0.5) is 17.6 Å². The van der Waals surface area contributed by atoms with Crippen LogP contribution in [-0.4, -0.2) is 69.0 Å². The normalized spacial score (nSPS) is 23.7. The van der Waals surface area contributed by atoms with E-state index in [1.54, 1.807) is 4.90 Å². The van der Waals surface area contributed by atoms with Gasteiger partial charge < -0.3 is 9.64 Å². The number of methoxy groups -OCH3 is 1. The van der Waals surface area contributed by atoms with Gasteiger partial charge in [-0.1, -0.05) is 18.7 Å². The largest absolute Gasteiger partial charge is 0.417 e. The predicted molar refractivity (Wildman–Crippen MR) is 144 cm³/mol. The summed E-state index contributed by atoms with van der Waals surface area (Å²) in [7, 11) is 1.50. The highest BCUT2D eigenvalue weighted by atomic mass is 32.2. The second kappa shape index (κ2) is 10.6. The average molecular weight is 577 g/mol. The summed E-state index contributed by atoms with van der Waals surface area (Å²) in [6.07, 6.45) is -2.91. The van der Waals surface area contributed by atoms with Gasteiger partial charge in [-0.25, -0.2) is 14.2 Å². The van der Waals surface area contributed by atoms with Crippen molar-refractivity contribution in [2.24, 2.45) is 0 Å². The molecule has 4 atom stereocenters. The van der Waals surface area contributed by atoms with E-state index in [0.29, 0.717) is 18.6 Å². The number of hydrogen-bond donors (Lipinski definition) is 0. The fourth-order valence-electron chi connectivity index (χ4n) is 5.82. The average Bonchev–Trinajstić information content (AvgIpc) is 3.08. The number of carbonyl (C=O) groups is 1. The van der Waals surface area contributed by atoms with E-state index >= 15 is 0 Å². The van der Waals surface area contributed by atoms with Crippen molar-refractivity contribution in [1.29, 1.82) is 0 Å². The van der Waals surface area contributed by atoms with E-state index in [4.69, 9.17) is 4.74 Å². The molecule has 1 saturated heterocycles. The summed E-state index contributed by atoms with van der Waals surface area (Å²) in [6.45, 7) is 8.33. The van der Waals surface area contributed by atoms with Crippen molar-refractivity contribution in [3.63, 3.8) is 0 Å². The van der Waals surface area contributed by atoms with Gasteiger partial charge >= 0.3 is 11.9 Å². The lowest BCUT2D eigenvalue weighted by Gasteiger charge is -2.47. The highest BCUT2D eigenvalue weighted by Crippen LogP contribution is 2.49. The van der Waals surface area contributed by atoms with Gasteiger partial charge in [0.15, 0.2) is 0 Å². The number of alkyl halides is 3. The number of nitrogens with zero attached hydrogens (tertiary/aromatic N) is 4. The number of carbonyl (C=O) groups excluding carboxylic acids is 1. The third-order valence-corrected chi connectivity index (χ3v) is 8.97. The van der Waals surface area contributed by atoms with E-state index < -0.39 is 34.7 Å². The summed E-state index contributed by atoms with van der Waals surface area (Å²) in [5, 5.41) is -0.347. The lowest BCUT2D eigenvalue weighted by atomic mass is 9.97. The van der Waals surface area contributed by atoms with Gasteiger partial charge in [0.25, 0.3) is 0 Å². The third-order valence-electron chi connectivity index (χ3n) is 7.50. The summed E-state index contributed by atoms with van der Waals surface area (Å²) < 4.78 is 64.7. The first kappa shape index (κ1) is 28.3. The Morgan fingerprint density at radius 1 is 1.15 bits per heavy atom. The molecule has 1 fully saturated rings. The van der Waals surface area contributed by atoms with Crippen LogP contribution in [0.5, 0.6) is 0 Å². The molecule has 1 amide bonds. The zero-order chi connectivity index (χ0) is 28.9. The molecule has 3 aromatic rings. The van der Waals surface area contributed by atoms with Crippen molar-refractivity contribution in [2.75, 3.05) is 20.2 Å². The molecule has 0 aliphatic carbocycles. The molecule has 1 aromatic heterocycles. The van der Waals surface area contributed by atoms with E-state index in [1.165, 1.54) is 41.6 Å². The Kier molecular flexibility index (Phi) is 7.53. The van der Waals surface area contributed by atoms with Gasteiger partial charge in [0, 0.05) is 54.3 Å². The van der Waals surface area contributed by atoms with Crippen LogP contribution < -0.4 is 5.69 Å². The van der Waals surface area contributed by atoms with Crippen LogP contribution in [0.25, 0.3) is 22.0 Å². The van der Waals surface area contributed by atoms with E-state index in [9.17, 15) is 27.2 Å². The molecule has 0 spiro atoms. The summed E-state index contributed by atoms with van der Waals surface area (Å²) in [4.78, 5) is 33.5. The van der Waals surface area contributed by atoms with Crippen LogP contribution in [0.3, 0.4) is 0 Å². The summed E-state index contributed by atoms with van der Waals surface area (Å²) >= 11 is 1.19. The monoisotopic (exact) mass is 576 g/mol. The molecule has 40 heavy (non-hydrogen) atoms. The minimum absolute atomic E-state index is 0.0626. The van der Waals surface area contributed by atoms with Crippen LogP contribution in [-0.2, 0) is 22.3 Å². The molecule has 0 N–H and O–H groups in total. The maximum Gasteiger partial charge on any atom is 0.417 e. The van der Waals surface area contributed by atoms with Gasteiger partial charge in [-0.2, -0.15) is 13.2 Å². The number of aromatic nitrogens is 2. The number of halogens is 4. The Hall–Kier alpha value is -3.22. The highest BCUT2D eigenvalue weighted by Gasteiger charge is 2.43. The van der Waals surface area contributed by atoms with E-state index in [1.807, 2.05) is 13.8 Å². The van der Waals surface area contributed by atoms with Gasteiger partial charge in [-0.05, 0) is 43.7 Å². The molecule has 2 aromatic carbocycles. The lowest BCUT2D eigenvalue weighted by Crippen LogP contribution is -2.61. The Morgan fingerprint density at radius 2 is 1.80 bits per heavy atom. The zero-order valence-corrected chi connectivity index (χ0v) is 22.9. The van der Waals surface area contributed by atoms with Gasteiger partial charge in [-0.3, -0.25) is 14.3 Å². The minimum atomic E-state index is -4.74. The molecule has 12 heteroatoms. The molecule has 2 aliphatic rings. The summed E-state index contributed by atoms with van der Waals surface area (Å²) in [6, 6.07) is 5.42. The number of rotatable bonds is 4. The maximum absolute atomic E-state index is 14.6. The molecule has 2 aliphatic heterocycles.